The van der Waals surface area contributed by atoms with E-state index in [-0.39, 0.29) is 27.4 Å². The van der Waals surface area contributed by atoms with Gasteiger partial charge in [-0.25, -0.2) is 0 Å². The number of Topliss-reactive ketones (excluding diaryl/α,β-unsaturated/α-hetero) is 1. The molecule has 0 aliphatic heterocycles. The fourth-order valence-electron chi connectivity index (χ4n) is 1.30. The zero-order chi connectivity index (χ0) is 11.6. The molecule has 1 aromatic rings. The van der Waals surface area contributed by atoms with Crippen LogP contribution in [0.3, 0.4) is 0 Å². The Hall–Kier alpha value is -0.940. The van der Waals surface area contributed by atoms with Gasteiger partial charge in [-0.1, -0.05) is 27.5 Å². The molecular formula is C9H7BrClNO3. The normalized spacial score (nSPS) is 10.1. The largest absolute Gasteiger partial charge is 0.293 e. The molecule has 0 radical (unpaired) electrons. The first kappa shape index (κ1) is 12.1. The lowest BCUT2D eigenvalue weighted by Crippen LogP contribution is -2.07. The number of benzene rings is 1. The molecule has 15 heavy (non-hydrogen) atoms. The summed E-state index contributed by atoms with van der Waals surface area (Å²) < 4.78 is 0. The van der Waals surface area contributed by atoms with Crippen molar-refractivity contribution in [2.75, 3.05) is 5.33 Å². The quantitative estimate of drug-likeness (QED) is 0.372. The van der Waals surface area contributed by atoms with Crippen molar-refractivity contribution in [2.45, 2.75) is 6.92 Å². The van der Waals surface area contributed by atoms with Crippen molar-refractivity contribution in [3.05, 3.63) is 38.4 Å². The van der Waals surface area contributed by atoms with Crippen molar-refractivity contribution in [3.8, 4) is 0 Å². The van der Waals surface area contributed by atoms with Crippen LogP contribution in [-0.2, 0) is 0 Å². The summed E-state index contributed by atoms with van der Waals surface area (Å²) in [5, 5.41) is 11.0. The maximum Gasteiger partial charge on any atom is 0.281 e. The molecule has 0 aliphatic carbocycles. The molecule has 4 nitrogen and oxygen atoms in total. The van der Waals surface area contributed by atoms with Crippen LogP contribution in [0.5, 0.6) is 0 Å². The Bertz CT molecular complexity index is 434. The molecule has 0 atom stereocenters. The van der Waals surface area contributed by atoms with E-state index in [4.69, 9.17) is 11.6 Å². The van der Waals surface area contributed by atoms with Gasteiger partial charge in [0.1, 0.15) is 0 Å². The second kappa shape index (κ2) is 4.72. The maximum absolute atomic E-state index is 11.5. The Morgan fingerprint density at radius 2 is 2.20 bits per heavy atom. The fourth-order valence-corrected chi connectivity index (χ4v) is 1.85. The van der Waals surface area contributed by atoms with Crippen LogP contribution in [-0.4, -0.2) is 16.0 Å². The van der Waals surface area contributed by atoms with Crippen LogP contribution in [0.15, 0.2) is 12.1 Å². The molecule has 0 spiro atoms. The average molecular weight is 293 g/mol. The number of halogens is 2. The molecule has 1 aromatic carbocycles. The average Bonchev–Trinajstić information content (AvgIpc) is 2.15. The smallest absolute Gasteiger partial charge is 0.281 e. The number of rotatable bonds is 3. The number of nitro groups is 1. The van der Waals surface area contributed by atoms with Crippen LogP contribution < -0.4 is 0 Å². The zero-order valence-electron chi connectivity index (χ0n) is 7.79. The summed E-state index contributed by atoms with van der Waals surface area (Å²) >= 11 is 8.67. The van der Waals surface area contributed by atoms with E-state index >= 15 is 0 Å². The van der Waals surface area contributed by atoms with Crippen molar-refractivity contribution in [1.29, 1.82) is 0 Å². The third-order valence-corrected chi connectivity index (χ3v) is 2.60. The Morgan fingerprint density at radius 3 is 2.67 bits per heavy atom. The summed E-state index contributed by atoms with van der Waals surface area (Å²) in [5.41, 5.74) is 0.379. The topological polar surface area (TPSA) is 60.2 Å². The van der Waals surface area contributed by atoms with E-state index in [1.807, 2.05) is 0 Å². The van der Waals surface area contributed by atoms with Crippen LogP contribution in [0.25, 0.3) is 0 Å². The molecule has 0 N–H and O–H groups in total. The lowest BCUT2D eigenvalue weighted by atomic mass is 10.0. The van der Waals surface area contributed by atoms with E-state index < -0.39 is 4.92 Å². The first-order valence-electron chi connectivity index (χ1n) is 4.01. The number of nitro benzene ring substituents is 1. The van der Waals surface area contributed by atoms with Crippen LogP contribution in [0.2, 0.25) is 5.02 Å². The number of hydrogen-bond donors (Lipinski definition) is 0. The van der Waals surface area contributed by atoms with Gasteiger partial charge in [-0.3, -0.25) is 14.9 Å². The molecular weight excluding hydrogens is 285 g/mol. The molecule has 0 unspecified atom stereocenters. The van der Waals surface area contributed by atoms with Gasteiger partial charge in [0.05, 0.1) is 15.8 Å². The first-order valence-corrected chi connectivity index (χ1v) is 5.51. The highest BCUT2D eigenvalue weighted by Crippen LogP contribution is 2.27. The van der Waals surface area contributed by atoms with Gasteiger partial charge in [0.25, 0.3) is 5.69 Å². The van der Waals surface area contributed by atoms with Gasteiger partial charge in [-0.15, -0.1) is 0 Å². The van der Waals surface area contributed by atoms with E-state index in [2.05, 4.69) is 15.9 Å². The van der Waals surface area contributed by atoms with Crippen molar-refractivity contribution >= 4 is 39.0 Å². The Labute approximate surface area is 99.5 Å². The molecule has 0 amide bonds. The van der Waals surface area contributed by atoms with Crippen LogP contribution in [0.1, 0.15) is 15.9 Å². The highest BCUT2D eigenvalue weighted by Gasteiger charge is 2.22. The Morgan fingerprint density at radius 1 is 1.60 bits per heavy atom. The molecule has 0 aliphatic rings. The lowest BCUT2D eigenvalue weighted by molar-refractivity contribution is -0.385. The number of carbonyl (C=O) groups excluding carboxylic acids is 1. The predicted octanol–water partition coefficient (Wildman–Crippen LogP) is 3.13. The lowest BCUT2D eigenvalue weighted by Gasteiger charge is -2.04. The summed E-state index contributed by atoms with van der Waals surface area (Å²) in [4.78, 5) is 21.6. The Kier molecular flexibility index (Phi) is 3.82. The van der Waals surface area contributed by atoms with E-state index in [1.165, 1.54) is 12.1 Å². The second-order valence-electron chi connectivity index (χ2n) is 2.93. The van der Waals surface area contributed by atoms with E-state index in [9.17, 15) is 14.9 Å². The fraction of sp³-hybridized carbons (Fsp3) is 0.222. The van der Waals surface area contributed by atoms with Crippen molar-refractivity contribution < 1.29 is 9.72 Å². The molecule has 1 rings (SSSR count). The minimum atomic E-state index is -0.602. The zero-order valence-corrected chi connectivity index (χ0v) is 10.1. The number of carbonyl (C=O) groups is 1. The van der Waals surface area contributed by atoms with Crippen LogP contribution >= 0.6 is 27.5 Å². The van der Waals surface area contributed by atoms with Gasteiger partial charge in [-0.2, -0.15) is 0 Å². The van der Waals surface area contributed by atoms with Gasteiger partial charge in [-0.05, 0) is 18.6 Å². The second-order valence-corrected chi connectivity index (χ2v) is 3.93. The summed E-state index contributed by atoms with van der Waals surface area (Å²) in [7, 11) is 0. The van der Waals surface area contributed by atoms with Crippen molar-refractivity contribution in [2.24, 2.45) is 0 Å². The van der Waals surface area contributed by atoms with Gasteiger partial charge in [0.2, 0.25) is 0 Å². The molecule has 0 saturated heterocycles. The Balaban J connectivity index is 3.46. The minimum absolute atomic E-state index is 0.0519. The number of aryl methyl sites for hydroxylation is 1. The molecule has 0 bridgehead atoms. The van der Waals surface area contributed by atoms with E-state index in [0.717, 1.165) is 0 Å². The summed E-state index contributed by atoms with van der Waals surface area (Å²) in [5.74, 6) is -0.323. The van der Waals surface area contributed by atoms with Gasteiger partial charge >= 0.3 is 0 Å². The maximum atomic E-state index is 11.5. The highest BCUT2D eigenvalue weighted by atomic mass is 79.9. The minimum Gasteiger partial charge on any atom is -0.293 e. The molecule has 0 saturated carbocycles. The third kappa shape index (κ3) is 2.54. The summed E-state index contributed by atoms with van der Waals surface area (Å²) in [6.07, 6.45) is 0. The van der Waals surface area contributed by atoms with Crippen LogP contribution in [0.4, 0.5) is 5.69 Å². The molecule has 0 heterocycles. The molecule has 80 valence electrons. The van der Waals surface area contributed by atoms with Crippen LogP contribution in [0, 0.1) is 17.0 Å². The molecule has 0 aromatic heterocycles. The number of alkyl halides is 1. The monoisotopic (exact) mass is 291 g/mol. The van der Waals surface area contributed by atoms with Gasteiger partial charge in [0.15, 0.2) is 5.78 Å². The molecule has 0 fully saturated rings. The van der Waals surface area contributed by atoms with Crippen molar-refractivity contribution in [3.63, 3.8) is 0 Å². The highest BCUT2D eigenvalue weighted by molar-refractivity contribution is 9.09. The third-order valence-electron chi connectivity index (χ3n) is 1.88. The summed E-state index contributed by atoms with van der Waals surface area (Å²) in [6, 6.07) is 2.72. The van der Waals surface area contributed by atoms with Gasteiger partial charge < -0.3 is 0 Å². The van der Waals surface area contributed by atoms with E-state index in [1.54, 1.807) is 6.92 Å². The van der Waals surface area contributed by atoms with Gasteiger partial charge in [0, 0.05) is 11.1 Å². The molecule has 6 heteroatoms. The number of nitrogens with zero attached hydrogens (tertiary/aromatic N) is 1. The predicted molar refractivity (Wildman–Crippen MR) is 61.0 cm³/mol. The van der Waals surface area contributed by atoms with Crippen molar-refractivity contribution in [1.82, 2.24) is 0 Å². The SMILES string of the molecule is Cc1cc(Cl)cc([N+](=O)[O-])c1C(=O)CBr. The first-order chi connectivity index (χ1) is 6.97. The number of ketones is 1. The standard InChI is InChI=1S/C9H7BrClNO3/c1-5-2-6(11)3-7(12(14)15)9(5)8(13)4-10/h2-3H,4H2,1H3. The summed E-state index contributed by atoms with van der Waals surface area (Å²) in [6.45, 7) is 1.62. The number of hydrogen-bond acceptors (Lipinski definition) is 3. The van der Waals surface area contributed by atoms with E-state index in [0.29, 0.717) is 5.56 Å².